The van der Waals surface area contributed by atoms with Gasteiger partial charge >= 0.3 is 0 Å². The predicted molar refractivity (Wildman–Crippen MR) is 109 cm³/mol. The molecule has 6 nitrogen and oxygen atoms in total. The number of benzene rings is 1. The minimum Gasteiger partial charge on any atom is -0.351 e. The highest BCUT2D eigenvalue weighted by atomic mass is 35.5. The van der Waals surface area contributed by atoms with Gasteiger partial charge in [-0.3, -0.25) is 9.69 Å². The van der Waals surface area contributed by atoms with Crippen LogP contribution in [0.2, 0.25) is 5.02 Å². The molecule has 150 valence electrons. The summed E-state index contributed by atoms with van der Waals surface area (Å²) >= 11 is 6.08. The van der Waals surface area contributed by atoms with Gasteiger partial charge in [0.05, 0.1) is 15.5 Å². The number of hydrogen-bond donors (Lipinski definition) is 1. The summed E-state index contributed by atoms with van der Waals surface area (Å²) in [7, 11) is -0.738. The maximum atomic E-state index is 12.4. The topological polar surface area (TPSA) is 69.7 Å². The number of halogens is 2. The number of rotatable bonds is 8. The SMILES string of the molecule is CC(C)N(CCNC(=O)c1cc(S(=O)(=O)N(C)C)ccc1Cl)C(C)C.Cl. The molecular formula is C17H29Cl2N3O3S. The van der Waals surface area contributed by atoms with E-state index < -0.39 is 10.0 Å². The van der Waals surface area contributed by atoms with Crippen LogP contribution in [0, 0.1) is 0 Å². The Morgan fingerprint density at radius 2 is 1.69 bits per heavy atom. The van der Waals surface area contributed by atoms with Gasteiger partial charge in [0.1, 0.15) is 0 Å². The highest BCUT2D eigenvalue weighted by Crippen LogP contribution is 2.22. The molecule has 1 rings (SSSR count). The number of hydrogen-bond acceptors (Lipinski definition) is 4. The summed E-state index contributed by atoms with van der Waals surface area (Å²) in [6, 6.07) is 4.88. The van der Waals surface area contributed by atoms with Crippen LogP contribution in [0.5, 0.6) is 0 Å². The highest BCUT2D eigenvalue weighted by molar-refractivity contribution is 7.89. The Morgan fingerprint density at radius 3 is 2.15 bits per heavy atom. The molecule has 0 bridgehead atoms. The van der Waals surface area contributed by atoms with Crippen molar-refractivity contribution in [2.24, 2.45) is 0 Å². The first-order valence-corrected chi connectivity index (χ1v) is 10.1. The third kappa shape index (κ3) is 6.39. The van der Waals surface area contributed by atoms with E-state index in [0.717, 1.165) is 4.31 Å². The molecule has 0 saturated carbocycles. The fourth-order valence-corrected chi connectivity index (χ4v) is 3.69. The Kier molecular flexibility index (Phi) is 10.1. The number of sulfonamides is 1. The zero-order valence-electron chi connectivity index (χ0n) is 16.1. The van der Waals surface area contributed by atoms with Crippen LogP contribution < -0.4 is 5.32 Å². The molecule has 0 aliphatic heterocycles. The van der Waals surface area contributed by atoms with Crippen molar-refractivity contribution >= 4 is 39.9 Å². The molecule has 0 atom stereocenters. The lowest BCUT2D eigenvalue weighted by Gasteiger charge is -2.30. The first-order chi connectivity index (χ1) is 11.5. The molecule has 1 aromatic rings. The fourth-order valence-electron chi connectivity index (χ4n) is 2.56. The molecule has 1 aromatic carbocycles. The van der Waals surface area contributed by atoms with E-state index in [0.29, 0.717) is 25.2 Å². The normalized spacial score (nSPS) is 12.0. The molecule has 0 unspecified atom stereocenters. The number of nitrogens with one attached hydrogen (secondary N) is 1. The lowest BCUT2D eigenvalue weighted by atomic mass is 10.2. The van der Waals surface area contributed by atoms with Crippen LogP contribution in [0.1, 0.15) is 38.1 Å². The molecule has 1 N–H and O–H groups in total. The average molecular weight is 426 g/mol. The molecule has 26 heavy (non-hydrogen) atoms. The minimum absolute atomic E-state index is 0. The predicted octanol–water partition coefficient (Wildman–Crippen LogP) is 2.86. The van der Waals surface area contributed by atoms with Crippen LogP contribution in [0.4, 0.5) is 0 Å². The maximum absolute atomic E-state index is 12.4. The largest absolute Gasteiger partial charge is 0.351 e. The maximum Gasteiger partial charge on any atom is 0.252 e. The monoisotopic (exact) mass is 425 g/mol. The van der Waals surface area contributed by atoms with E-state index in [2.05, 4.69) is 37.9 Å². The molecule has 0 heterocycles. The van der Waals surface area contributed by atoms with Crippen LogP contribution in [0.25, 0.3) is 0 Å². The molecular weight excluding hydrogens is 397 g/mol. The highest BCUT2D eigenvalue weighted by Gasteiger charge is 2.21. The Morgan fingerprint density at radius 1 is 1.15 bits per heavy atom. The first kappa shape index (κ1) is 25.1. The van der Waals surface area contributed by atoms with E-state index in [4.69, 9.17) is 11.6 Å². The summed E-state index contributed by atoms with van der Waals surface area (Å²) in [6.07, 6.45) is 0. The number of nitrogens with zero attached hydrogens (tertiary/aromatic N) is 2. The molecule has 0 aliphatic rings. The molecule has 1 amide bonds. The van der Waals surface area contributed by atoms with Gasteiger partial charge in [-0.25, -0.2) is 12.7 Å². The molecule has 0 saturated heterocycles. The third-order valence-electron chi connectivity index (χ3n) is 3.94. The van der Waals surface area contributed by atoms with E-state index in [9.17, 15) is 13.2 Å². The summed E-state index contributed by atoms with van der Waals surface area (Å²) in [5, 5.41) is 3.04. The van der Waals surface area contributed by atoms with Crippen molar-refractivity contribution in [3.8, 4) is 0 Å². The zero-order valence-corrected chi connectivity index (χ0v) is 18.5. The average Bonchev–Trinajstić information content (AvgIpc) is 2.50. The van der Waals surface area contributed by atoms with Crippen molar-refractivity contribution in [2.75, 3.05) is 27.2 Å². The summed E-state index contributed by atoms with van der Waals surface area (Å²) in [6.45, 7) is 9.58. The van der Waals surface area contributed by atoms with E-state index >= 15 is 0 Å². The Hall–Kier alpha value is -0.860. The van der Waals surface area contributed by atoms with Crippen molar-refractivity contribution in [2.45, 2.75) is 44.7 Å². The summed E-state index contributed by atoms with van der Waals surface area (Å²) < 4.78 is 25.5. The number of carbonyl (C=O) groups is 1. The van der Waals surface area contributed by atoms with Gasteiger partial charge in [-0.2, -0.15) is 0 Å². The molecule has 9 heteroatoms. The molecule has 0 aromatic heterocycles. The Labute approximate surface area is 168 Å². The smallest absolute Gasteiger partial charge is 0.252 e. The van der Waals surface area contributed by atoms with Crippen LogP contribution >= 0.6 is 24.0 Å². The van der Waals surface area contributed by atoms with Gasteiger partial charge in [0.25, 0.3) is 5.91 Å². The summed E-state index contributed by atoms with van der Waals surface area (Å²) in [4.78, 5) is 14.7. The molecule has 0 radical (unpaired) electrons. The minimum atomic E-state index is -3.62. The van der Waals surface area contributed by atoms with Gasteiger partial charge in [-0.15, -0.1) is 12.4 Å². The second-order valence-electron chi connectivity index (χ2n) is 6.61. The Balaban J connectivity index is 0.00000625. The van der Waals surface area contributed by atoms with Crippen LogP contribution in [-0.4, -0.2) is 62.8 Å². The van der Waals surface area contributed by atoms with Crippen molar-refractivity contribution in [1.82, 2.24) is 14.5 Å². The summed E-state index contributed by atoms with van der Waals surface area (Å²) in [5.41, 5.74) is 0.158. The van der Waals surface area contributed by atoms with Crippen LogP contribution in [0.3, 0.4) is 0 Å². The van der Waals surface area contributed by atoms with Gasteiger partial charge in [0.2, 0.25) is 10.0 Å². The zero-order chi connectivity index (χ0) is 19.4. The van der Waals surface area contributed by atoms with Gasteiger partial charge < -0.3 is 5.32 Å². The van der Waals surface area contributed by atoms with Gasteiger partial charge in [-0.1, -0.05) is 11.6 Å². The van der Waals surface area contributed by atoms with E-state index in [-0.39, 0.29) is 33.8 Å². The summed E-state index contributed by atoms with van der Waals surface area (Å²) in [5.74, 6) is -0.381. The van der Waals surface area contributed by atoms with E-state index in [1.165, 1.54) is 32.3 Å². The second-order valence-corrected chi connectivity index (χ2v) is 9.17. The van der Waals surface area contributed by atoms with Crippen LogP contribution in [-0.2, 0) is 10.0 Å². The van der Waals surface area contributed by atoms with Crippen molar-refractivity contribution in [3.05, 3.63) is 28.8 Å². The van der Waals surface area contributed by atoms with Crippen LogP contribution in [0.15, 0.2) is 23.1 Å². The lowest BCUT2D eigenvalue weighted by molar-refractivity contribution is 0.0939. The van der Waals surface area contributed by atoms with E-state index in [1.54, 1.807) is 0 Å². The standard InChI is InChI=1S/C17H28ClN3O3S.ClH/c1-12(2)21(13(3)4)10-9-19-17(22)15-11-14(7-8-16(15)18)25(23,24)20(5)6;/h7-8,11-13H,9-10H2,1-6H3,(H,19,22);1H. The van der Waals surface area contributed by atoms with Crippen molar-refractivity contribution < 1.29 is 13.2 Å². The van der Waals surface area contributed by atoms with E-state index in [1.807, 2.05) is 0 Å². The lowest BCUT2D eigenvalue weighted by Crippen LogP contribution is -2.42. The fraction of sp³-hybridized carbons (Fsp3) is 0.588. The molecule has 0 aliphatic carbocycles. The van der Waals surface area contributed by atoms with Crippen molar-refractivity contribution in [3.63, 3.8) is 0 Å². The second kappa shape index (κ2) is 10.5. The number of carbonyl (C=O) groups excluding carboxylic acids is 1. The third-order valence-corrected chi connectivity index (χ3v) is 6.08. The Bertz CT molecular complexity index is 699. The first-order valence-electron chi connectivity index (χ1n) is 8.24. The van der Waals surface area contributed by atoms with Gasteiger partial charge in [-0.05, 0) is 45.9 Å². The number of amides is 1. The van der Waals surface area contributed by atoms with Crippen molar-refractivity contribution in [1.29, 1.82) is 0 Å². The molecule has 0 spiro atoms. The quantitative estimate of drug-likeness (QED) is 0.694. The van der Waals surface area contributed by atoms with Gasteiger partial charge in [0.15, 0.2) is 0 Å². The van der Waals surface area contributed by atoms with Gasteiger partial charge in [0, 0.05) is 39.3 Å². The molecule has 0 fully saturated rings.